The van der Waals surface area contributed by atoms with Gasteiger partial charge in [-0.3, -0.25) is 9.78 Å². The number of carbonyl (C=O) groups excluding carboxylic acids is 2. The van der Waals surface area contributed by atoms with Crippen molar-refractivity contribution >= 4 is 17.5 Å². The van der Waals surface area contributed by atoms with E-state index in [1.807, 2.05) is 17.0 Å². The van der Waals surface area contributed by atoms with E-state index in [1.54, 1.807) is 36.7 Å². The number of aromatic nitrogens is 1. The average Bonchev–Trinajstić information content (AvgIpc) is 2.68. The van der Waals surface area contributed by atoms with Crippen LogP contribution < -0.4 is 5.32 Å². The number of urea groups is 1. The molecule has 2 aromatic rings. The SMILES string of the molecule is CC(=O)c1ccc(NC(=O)N(Cc2ccncc2)C2CCN(C)CC2)cc1. The number of benzene rings is 1. The van der Waals surface area contributed by atoms with E-state index in [1.165, 1.54) is 6.92 Å². The van der Waals surface area contributed by atoms with Crippen molar-refractivity contribution < 1.29 is 9.59 Å². The van der Waals surface area contributed by atoms with Crippen molar-refractivity contribution in [3.63, 3.8) is 0 Å². The summed E-state index contributed by atoms with van der Waals surface area (Å²) in [6.07, 6.45) is 5.41. The first-order valence-electron chi connectivity index (χ1n) is 9.29. The summed E-state index contributed by atoms with van der Waals surface area (Å²) in [5.41, 5.74) is 2.39. The van der Waals surface area contributed by atoms with Gasteiger partial charge in [0.25, 0.3) is 0 Å². The third-order valence-electron chi connectivity index (χ3n) is 5.03. The number of nitrogens with zero attached hydrogens (tertiary/aromatic N) is 3. The number of rotatable bonds is 5. The van der Waals surface area contributed by atoms with Crippen LogP contribution in [0.5, 0.6) is 0 Å². The Kier molecular flexibility index (Phi) is 6.19. The molecule has 1 aromatic carbocycles. The van der Waals surface area contributed by atoms with E-state index in [2.05, 4.69) is 22.2 Å². The fraction of sp³-hybridized carbons (Fsp3) is 0.381. The van der Waals surface area contributed by atoms with E-state index in [4.69, 9.17) is 0 Å². The van der Waals surface area contributed by atoms with Crippen LogP contribution >= 0.6 is 0 Å². The number of hydrogen-bond donors (Lipinski definition) is 1. The van der Waals surface area contributed by atoms with Crippen LogP contribution in [0.15, 0.2) is 48.8 Å². The van der Waals surface area contributed by atoms with Crippen molar-refractivity contribution in [1.82, 2.24) is 14.8 Å². The van der Waals surface area contributed by atoms with Crippen molar-refractivity contribution in [2.24, 2.45) is 0 Å². The van der Waals surface area contributed by atoms with Crippen molar-refractivity contribution in [2.75, 3.05) is 25.5 Å². The Morgan fingerprint density at radius 1 is 1.11 bits per heavy atom. The standard InChI is InChI=1S/C21H26N4O2/c1-16(26)18-3-5-19(6-4-18)23-21(27)25(15-17-7-11-22-12-8-17)20-9-13-24(2)14-10-20/h3-8,11-12,20H,9-10,13-15H2,1-2H3,(H,23,27). The number of likely N-dealkylation sites (tertiary alicyclic amines) is 1. The molecule has 0 atom stereocenters. The van der Waals surface area contributed by atoms with Gasteiger partial charge in [0.1, 0.15) is 0 Å². The Labute approximate surface area is 160 Å². The van der Waals surface area contributed by atoms with E-state index in [-0.39, 0.29) is 17.9 Å². The minimum atomic E-state index is -0.114. The number of Topliss-reactive ketones (excluding diaryl/α,β-unsaturated/α-hetero) is 1. The fourth-order valence-corrected chi connectivity index (χ4v) is 3.34. The molecule has 0 unspecified atom stereocenters. The molecule has 1 saturated heterocycles. The Morgan fingerprint density at radius 2 is 1.74 bits per heavy atom. The second kappa shape index (κ2) is 8.77. The molecule has 0 aliphatic carbocycles. The number of ketones is 1. The first-order chi connectivity index (χ1) is 13.0. The topological polar surface area (TPSA) is 65.5 Å². The molecule has 2 amide bonds. The molecule has 6 nitrogen and oxygen atoms in total. The van der Waals surface area contributed by atoms with E-state index in [0.29, 0.717) is 17.8 Å². The summed E-state index contributed by atoms with van der Waals surface area (Å²) in [4.78, 5) is 32.7. The summed E-state index contributed by atoms with van der Waals surface area (Å²) in [5, 5.41) is 2.98. The third-order valence-corrected chi connectivity index (χ3v) is 5.03. The molecular weight excluding hydrogens is 340 g/mol. The zero-order chi connectivity index (χ0) is 19.2. The van der Waals surface area contributed by atoms with Crippen LogP contribution in [-0.4, -0.2) is 52.8 Å². The Bertz CT molecular complexity index is 769. The number of amides is 2. The quantitative estimate of drug-likeness (QED) is 0.824. The van der Waals surface area contributed by atoms with Gasteiger partial charge < -0.3 is 15.1 Å². The Morgan fingerprint density at radius 3 is 2.33 bits per heavy atom. The van der Waals surface area contributed by atoms with Gasteiger partial charge in [0.2, 0.25) is 0 Å². The average molecular weight is 366 g/mol. The molecule has 27 heavy (non-hydrogen) atoms. The number of nitrogens with one attached hydrogen (secondary N) is 1. The third kappa shape index (κ3) is 5.14. The molecule has 0 saturated carbocycles. The van der Waals surface area contributed by atoms with Gasteiger partial charge in [-0.05, 0) is 81.9 Å². The molecule has 0 bridgehead atoms. The highest BCUT2D eigenvalue weighted by Crippen LogP contribution is 2.20. The lowest BCUT2D eigenvalue weighted by molar-refractivity contribution is 0.101. The van der Waals surface area contributed by atoms with Gasteiger partial charge in [-0.1, -0.05) is 0 Å². The first kappa shape index (κ1) is 19.0. The molecule has 1 aliphatic heterocycles. The van der Waals surface area contributed by atoms with Gasteiger partial charge in [-0.2, -0.15) is 0 Å². The lowest BCUT2D eigenvalue weighted by Crippen LogP contribution is -2.47. The Hall–Kier alpha value is -2.73. The Balaban J connectivity index is 1.74. The largest absolute Gasteiger partial charge is 0.322 e. The van der Waals surface area contributed by atoms with E-state index < -0.39 is 0 Å². The van der Waals surface area contributed by atoms with Crippen LogP contribution in [0.3, 0.4) is 0 Å². The normalized spacial score (nSPS) is 15.3. The molecule has 2 heterocycles. The fourth-order valence-electron chi connectivity index (χ4n) is 3.34. The summed E-state index contributed by atoms with van der Waals surface area (Å²) >= 11 is 0. The molecule has 3 rings (SSSR count). The zero-order valence-electron chi connectivity index (χ0n) is 15.9. The highest BCUT2D eigenvalue weighted by Gasteiger charge is 2.27. The second-order valence-corrected chi connectivity index (χ2v) is 7.08. The number of anilines is 1. The van der Waals surface area contributed by atoms with E-state index in [0.717, 1.165) is 31.5 Å². The number of piperidine rings is 1. The minimum absolute atomic E-state index is 0.0125. The van der Waals surface area contributed by atoms with Crippen LogP contribution in [-0.2, 0) is 6.54 Å². The molecular formula is C21H26N4O2. The predicted molar refractivity (Wildman–Crippen MR) is 106 cm³/mol. The predicted octanol–water partition coefficient (Wildman–Crippen LogP) is 3.41. The second-order valence-electron chi connectivity index (χ2n) is 7.08. The number of carbonyl (C=O) groups is 2. The highest BCUT2D eigenvalue weighted by atomic mass is 16.2. The summed E-state index contributed by atoms with van der Waals surface area (Å²) < 4.78 is 0. The molecule has 0 radical (unpaired) electrons. The molecule has 1 aromatic heterocycles. The van der Waals surface area contributed by atoms with Gasteiger partial charge in [-0.15, -0.1) is 0 Å². The van der Waals surface area contributed by atoms with Gasteiger partial charge in [0, 0.05) is 36.2 Å². The van der Waals surface area contributed by atoms with Gasteiger partial charge in [0.15, 0.2) is 5.78 Å². The smallest absolute Gasteiger partial charge is 0.317 e. The molecule has 0 spiro atoms. The maximum Gasteiger partial charge on any atom is 0.322 e. The molecule has 142 valence electrons. The zero-order valence-corrected chi connectivity index (χ0v) is 15.9. The van der Waals surface area contributed by atoms with Crippen LogP contribution in [0.1, 0.15) is 35.7 Å². The maximum absolute atomic E-state index is 13.0. The summed E-state index contributed by atoms with van der Waals surface area (Å²) in [6.45, 7) is 4.05. The first-order valence-corrected chi connectivity index (χ1v) is 9.29. The van der Waals surface area contributed by atoms with Gasteiger partial charge in [0.05, 0.1) is 0 Å². The van der Waals surface area contributed by atoms with Crippen molar-refractivity contribution in [3.05, 3.63) is 59.9 Å². The van der Waals surface area contributed by atoms with Crippen LogP contribution in [0.2, 0.25) is 0 Å². The molecule has 6 heteroatoms. The van der Waals surface area contributed by atoms with Crippen molar-refractivity contribution in [2.45, 2.75) is 32.4 Å². The van der Waals surface area contributed by atoms with Gasteiger partial charge >= 0.3 is 6.03 Å². The molecule has 1 N–H and O–H groups in total. The minimum Gasteiger partial charge on any atom is -0.317 e. The maximum atomic E-state index is 13.0. The molecule has 1 fully saturated rings. The van der Waals surface area contributed by atoms with Crippen molar-refractivity contribution in [1.29, 1.82) is 0 Å². The van der Waals surface area contributed by atoms with Crippen LogP contribution in [0.25, 0.3) is 0 Å². The number of pyridine rings is 1. The summed E-state index contributed by atoms with van der Waals surface area (Å²) in [5.74, 6) is 0.0125. The van der Waals surface area contributed by atoms with Crippen molar-refractivity contribution in [3.8, 4) is 0 Å². The monoisotopic (exact) mass is 366 g/mol. The van der Waals surface area contributed by atoms with Crippen LogP contribution in [0, 0.1) is 0 Å². The lowest BCUT2D eigenvalue weighted by Gasteiger charge is -2.37. The van der Waals surface area contributed by atoms with E-state index in [9.17, 15) is 9.59 Å². The van der Waals surface area contributed by atoms with Gasteiger partial charge in [-0.25, -0.2) is 4.79 Å². The summed E-state index contributed by atoms with van der Waals surface area (Å²) in [6, 6.07) is 11.0. The van der Waals surface area contributed by atoms with E-state index >= 15 is 0 Å². The lowest BCUT2D eigenvalue weighted by atomic mass is 10.0. The highest BCUT2D eigenvalue weighted by molar-refractivity contribution is 5.95. The molecule has 1 aliphatic rings. The summed E-state index contributed by atoms with van der Waals surface area (Å²) in [7, 11) is 2.11. The van der Waals surface area contributed by atoms with Crippen LogP contribution in [0.4, 0.5) is 10.5 Å². The number of hydrogen-bond acceptors (Lipinski definition) is 4.